The molecule has 1 heterocycles. The maximum absolute atomic E-state index is 11.7. The Balaban J connectivity index is 2.50. The monoisotopic (exact) mass is 201 g/mol. The molecule has 0 aliphatic carbocycles. The van der Waals surface area contributed by atoms with Crippen LogP contribution < -0.4 is 0 Å². The van der Waals surface area contributed by atoms with Crippen molar-refractivity contribution in [3.63, 3.8) is 0 Å². The third kappa shape index (κ3) is 2.70. The van der Waals surface area contributed by atoms with Gasteiger partial charge in [0.2, 0.25) is 5.91 Å². The van der Waals surface area contributed by atoms with Crippen LogP contribution >= 0.6 is 0 Å². The third-order valence-electron chi connectivity index (χ3n) is 2.30. The number of rotatable bonds is 4. The minimum atomic E-state index is -0.973. The molecule has 1 unspecified atom stereocenters. The summed E-state index contributed by atoms with van der Waals surface area (Å²) in [5.74, 6) is -1.22. The van der Waals surface area contributed by atoms with Gasteiger partial charge in [-0.3, -0.25) is 9.59 Å². The van der Waals surface area contributed by atoms with Crippen LogP contribution in [0.4, 0.5) is 0 Å². The Morgan fingerprint density at radius 1 is 1.57 bits per heavy atom. The molecule has 0 bridgehead atoms. The number of aliphatic carboxylic acids is 1. The van der Waals surface area contributed by atoms with Gasteiger partial charge in [-0.2, -0.15) is 0 Å². The first-order valence-electron chi connectivity index (χ1n) is 4.73. The molecule has 0 saturated carbocycles. The number of carboxylic acids is 1. The Hall–Kier alpha value is -1.10. The maximum atomic E-state index is 11.7. The lowest BCUT2D eigenvalue weighted by molar-refractivity contribution is -0.146. The molecule has 0 spiro atoms. The lowest BCUT2D eigenvalue weighted by Gasteiger charge is -2.21. The van der Waals surface area contributed by atoms with Crippen LogP contribution in [0.25, 0.3) is 0 Å². The highest BCUT2D eigenvalue weighted by Gasteiger charge is 2.28. The summed E-state index contributed by atoms with van der Waals surface area (Å²) in [7, 11) is 0. The maximum Gasteiger partial charge on any atom is 0.323 e. The van der Waals surface area contributed by atoms with Crippen molar-refractivity contribution < 1.29 is 19.4 Å². The van der Waals surface area contributed by atoms with Gasteiger partial charge in [0.15, 0.2) is 0 Å². The van der Waals surface area contributed by atoms with Crippen molar-refractivity contribution in [2.24, 2.45) is 5.92 Å². The minimum absolute atomic E-state index is 0.104. The SMILES string of the molecule is CCN(CC(=O)O)C(=O)C1CCOC1. The van der Waals surface area contributed by atoms with Crippen LogP contribution in [0.2, 0.25) is 0 Å². The van der Waals surface area contributed by atoms with Crippen LogP contribution in [-0.4, -0.2) is 48.2 Å². The van der Waals surface area contributed by atoms with E-state index in [0.717, 1.165) is 0 Å². The number of carboxylic acid groups (broad SMARTS) is 1. The van der Waals surface area contributed by atoms with Gasteiger partial charge in [-0.25, -0.2) is 0 Å². The van der Waals surface area contributed by atoms with Crippen molar-refractivity contribution in [3.8, 4) is 0 Å². The van der Waals surface area contributed by atoms with Gasteiger partial charge in [0.25, 0.3) is 0 Å². The molecule has 0 aromatic rings. The van der Waals surface area contributed by atoms with Gasteiger partial charge >= 0.3 is 5.97 Å². The number of nitrogens with zero attached hydrogens (tertiary/aromatic N) is 1. The first-order chi connectivity index (χ1) is 6.65. The van der Waals surface area contributed by atoms with Crippen molar-refractivity contribution in [1.82, 2.24) is 4.90 Å². The Bertz CT molecular complexity index is 223. The van der Waals surface area contributed by atoms with E-state index >= 15 is 0 Å². The predicted octanol–water partition coefficient (Wildman–Crippen LogP) is -0.0440. The number of hydrogen-bond donors (Lipinski definition) is 1. The summed E-state index contributed by atoms with van der Waals surface area (Å²) in [6.45, 7) is 3.01. The van der Waals surface area contributed by atoms with Crippen molar-refractivity contribution in [2.75, 3.05) is 26.3 Å². The van der Waals surface area contributed by atoms with E-state index in [-0.39, 0.29) is 18.4 Å². The van der Waals surface area contributed by atoms with Crippen molar-refractivity contribution in [3.05, 3.63) is 0 Å². The average molecular weight is 201 g/mol. The van der Waals surface area contributed by atoms with Gasteiger partial charge < -0.3 is 14.7 Å². The molecule has 14 heavy (non-hydrogen) atoms. The molecule has 1 aliphatic rings. The van der Waals surface area contributed by atoms with Crippen molar-refractivity contribution in [2.45, 2.75) is 13.3 Å². The Morgan fingerprint density at radius 3 is 2.71 bits per heavy atom. The average Bonchev–Trinajstić information content (AvgIpc) is 2.65. The van der Waals surface area contributed by atoms with E-state index in [4.69, 9.17) is 9.84 Å². The molecule has 1 aliphatic heterocycles. The van der Waals surface area contributed by atoms with Crippen molar-refractivity contribution in [1.29, 1.82) is 0 Å². The lowest BCUT2D eigenvalue weighted by Crippen LogP contribution is -2.39. The summed E-state index contributed by atoms with van der Waals surface area (Å²) in [4.78, 5) is 23.5. The fourth-order valence-corrected chi connectivity index (χ4v) is 1.50. The largest absolute Gasteiger partial charge is 0.480 e. The number of carbonyl (C=O) groups excluding carboxylic acids is 1. The summed E-state index contributed by atoms with van der Waals surface area (Å²) >= 11 is 0. The van der Waals surface area contributed by atoms with Crippen LogP contribution in [0, 0.1) is 5.92 Å². The molecule has 1 fully saturated rings. The lowest BCUT2D eigenvalue weighted by atomic mass is 10.1. The van der Waals surface area contributed by atoms with Gasteiger partial charge in [0.05, 0.1) is 12.5 Å². The second kappa shape index (κ2) is 4.95. The van der Waals surface area contributed by atoms with Crippen LogP contribution in [-0.2, 0) is 14.3 Å². The Labute approximate surface area is 82.6 Å². The molecule has 1 atom stereocenters. The zero-order valence-corrected chi connectivity index (χ0v) is 8.23. The smallest absolute Gasteiger partial charge is 0.323 e. The van der Waals surface area contributed by atoms with E-state index in [1.165, 1.54) is 4.90 Å². The van der Waals surface area contributed by atoms with Gasteiger partial charge in [-0.05, 0) is 13.3 Å². The molecule has 0 radical (unpaired) electrons. The highest BCUT2D eigenvalue weighted by Crippen LogP contribution is 2.15. The summed E-state index contributed by atoms with van der Waals surface area (Å²) in [6, 6.07) is 0. The first-order valence-corrected chi connectivity index (χ1v) is 4.73. The fourth-order valence-electron chi connectivity index (χ4n) is 1.50. The molecule has 5 heteroatoms. The van der Waals surface area contributed by atoms with E-state index in [0.29, 0.717) is 26.2 Å². The van der Waals surface area contributed by atoms with Crippen LogP contribution in [0.15, 0.2) is 0 Å². The topological polar surface area (TPSA) is 66.8 Å². The Kier molecular flexibility index (Phi) is 3.88. The molecule has 1 N–H and O–H groups in total. The molecule has 1 rings (SSSR count). The number of ether oxygens (including phenoxy) is 1. The fraction of sp³-hybridized carbons (Fsp3) is 0.778. The Morgan fingerprint density at radius 2 is 2.29 bits per heavy atom. The second-order valence-electron chi connectivity index (χ2n) is 3.31. The van der Waals surface area contributed by atoms with E-state index in [2.05, 4.69) is 0 Å². The van der Waals surface area contributed by atoms with E-state index in [1.54, 1.807) is 6.92 Å². The van der Waals surface area contributed by atoms with Gasteiger partial charge in [-0.1, -0.05) is 0 Å². The molecular weight excluding hydrogens is 186 g/mol. The van der Waals surface area contributed by atoms with E-state index in [9.17, 15) is 9.59 Å². The number of likely N-dealkylation sites (N-methyl/N-ethyl adjacent to an activating group) is 1. The molecule has 0 aromatic carbocycles. The molecular formula is C9H15NO4. The van der Waals surface area contributed by atoms with Gasteiger partial charge in [0.1, 0.15) is 6.54 Å². The molecule has 0 aromatic heterocycles. The summed E-state index contributed by atoms with van der Waals surface area (Å²) in [5.41, 5.74) is 0. The second-order valence-corrected chi connectivity index (χ2v) is 3.31. The summed E-state index contributed by atoms with van der Waals surface area (Å²) < 4.78 is 5.08. The highest BCUT2D eigenvalue weighted by atomic mass is 16.5. The molecule has 1 amide bonds. The zero-order valence-electron chi connectivity index (χ0n) is 8.23. The summed E-state index contributed by atoms with van der Waals surface area (Å²) in [6.07, 6.45) is 0.703. The van der Waals surface area contributed by atoms with Gasteiger partial charge in [-0.15, -0.1) is 0 Å². The molecule has 5 nitrogen and oxygen atoms in total. The number of amides is 1. The van der Waals surface area contributed by atoms with Gasteiger partial charge in [0, 0.05) is 13.2 Å². The normalized spacial score (nSPS) is 20.8. The van der Waals surface area contributed by atoms with Crippen LogP contribution in [0.1, 0.15) is 13.3 Å². The molecule has 1 saturated heterocycles. The molecule has 80 valence electrons. The summed E-state index contributed by atoms with van der Waals surface area (Å²) in [5, 5.41) is 8.58. The third-order valence-corrected chi connectivity index (χ3v) is 2.30. The predicted molar refractivity (Wildman–Crippen MR) is 48.8 cm³/mol. The zero-order chi connectivity index (χ0) is 10.6. The highest BCUT2D eigenvalue weighted by molar-refractivity contribution is 5.83. The number of hydrogen-bond acceptors (Lipinski definition) is 3. The van der Waals surface area contributed by atoms with E-state index < -0.39 is 5.97 Å². The van der Waals surface area contributed by atoms with Crippen LogP contribution in [0.3, 0.4) is 0 Å². The van der Waals surface area contributed by atoms with Crippen LogP contribution in [0.5, 0.6) is 0 Å². The minimum Gasteiger partial charge on any atom is -0.480 e. The first kappa shape index (κ1) is 11.0. The van der Waals surface area contributed by atoms with E-state index in [1.807, 2.05) is 0 Å². The quantitative estimate of drug-likeness (QED) is 0.692. The standard InChI is InChI=1S/C9H15NO4/c1-2-10(5-8(11)12)9(13)7-3-4-14-6-7/h7H,2-6H2,1H3,(H,11,12). The number of carbonyl (C=O) groups is 2. The van der Waals surface area contributed by atoms with Crippen molar-refractivity contribution >= 4 is 11.9 Å².